The minimum Gasteiger partial charge on any atom is -0.377 e. The van der Waals surface area contributed by atoms with Crippen LogP contribution in [-0.4, -0.2) is 30.2 Å². The first-order chi connectivity index (χ1) is 8.12. The second-order valence-corrected chi connectivity index (χ2v) is 3.97. The van der Waals surface area contributed by atoms with E-state index < -0.39 is 0 Å². The van der Waals surface area contributed by atoms with Gasteiger partial charge in [0.15, 0.2) is 5.82 Å². The van der Waals surface area contributed by atoms with Gasteiger partial charge in [-0.15, -0.1) is 0 Å². The van der Waals surface area contributed by atoms with Gasteiger partial charge in [-0.25, -0.2) is 15.8 Å². The van der Waals surface area contributed by atoms with Crippen molar-refractivity contribution in [2.75, 3.05) is 24.5 Å². The molecule has 1 unspecified atom stereocenters. The van der Waals surface area contributed by atoms with E-state index in [1.54, 1.807) is 7.11 Å². The number of aromatic nitrogens is 2. The van der Waals surface area contributed by atoms with Gasteiger partial charge in [0.05, 0.1) is 0 Å². The summed E-state index contributed by atoms with van der Waals surface area (Å²) in [5.41, 5.74) is 2.54. The van der Waals surface area contributed by atoms with Crippen LogP contribution >= 0.6 is 0 Å². The summed E-state index contributed by atoms with van der Waals surface area (Å²) in [5, 5.41) is 0. The van der Waals surface area contributed by atoms with Gasteiger partial charge < -0.3 is 15.1 Å². The third-order valence-electron chi connectivity index (χ3n) is 2.79. The smallest absolute Gasteiger partial charge is 0.158 e. The molecule has 96 valence electrons. The monoisotopic (exact) mass is 239 g/mol. The molecule has 1 heterocycles. The second kappa shape index (κ2) is 6.36. The number of anilines is 2. The van der Waals surface area contributed by atoms with E-state index >= 15 is 0 Å². The van der Waals surface area contributed by atoms with E-state index in [0.29, 0.717) is 24.3 Å². The Kier molecular flexibility index (Phi) is 5.11. The molecule has 0 aromatic carbocycles. The van der Waals surface area contributed by atoms with Crippen molar-refractivity contribution in [3.8, 4) is 0 Å². The molecule has 0 amide bonds. The molecule has 0 aliphatic carbocycles. The molecule has 1 rings (SSSR count). The van der Waals surface area contributed by atoms with Crippen molar-refractivity contribution in [1.29, 1.82) is 0 Å². The molecule has 3 N–H and O–H groups in total. The fraction of sp³-hybridized carbons (Fsp3) is 0.636. The standard InChI is InChI=1S/C11H21N5O/c1-5-8(2)16(3)11-6-9(15-12)13-10(14-11)7-17-4/h6,8H,5,7,12H2,1-4H3,(H,13,14,15). The normalized spacial score (nSPS) is 12.3. The molecule has 0 aliphatic rings. The maximum atomic E-state index is 5.39. The van der Waals surface area contributed by atoms with Crippen LogP contribution < -0.4 is 16.2 Å². The Morgan fingerprint density at radius 3 is 2.76 bits per heavy atom. The van der Waals surface area contributed by atoms with Gasteiger partial charge >= 0.3 is 0 Å². The highest BCUT2D eigenvalue weighted by molar-refractivity contribution is 5.48. The molecular formula is C11H21N5O. The molecule has 0 aliphatic heterocycles. The summed E-state index contributed by atoms with van der Waals surface area (Å²) in [6.45, 7) is 4.66. The number of nitrogens with two attached hydrogens (primary N) is 1. The van der Waals surface area contributed by atoms with Gasteiger partial charge in [0.2, 0.25) is 0 Å². The van der Waals surface area contributed by atoms with E-state index in [2.05, 4.69) is 34.1 Å². The molecule has 0 saturated heterocycles. The van der Waals surface area contributed by atoms with Crippen molar-refractivity contribution in [3.63, 3.8) is 0 Å². The lowest BCUT2D eigenvalue weighted by atomic mass is 10.2. The molecule has 0 radical (unpaired) electrons. The molecule has 0 saturated carbocycles. The molecule has 0 spiro atoms. The van der Waals surface area contributed by atoms with E-state index in [1.165, 1.54) is 0 Å². The van der Waals surface area contributed by atoms with Gasteiger partial charge in [-0.2, -0.15) is 0 Å². The summed E-state index contributed by atoms with van der Waals surface area (Å²) in [5.74, 6) is 7.45. The number of hydrazine groups is 1. The van der Waals surface area contributed by atoms with Crippen molar-refractivity contribution in [2.45, 2.75) is 32.9 Å². The van der Waals surface area contributed by atoms with Crippen LogP contribution in [0.5, 0.6) is 0 Å². The Morgan fingerprint density at radius 2 is 2.24 bits per heavy atom. The average molecular weight is 239 g/mol. The summed E-state index contributed by atoms with van der Waals surface area (Å²) in [4.78, 5) is 10.7. The highest BCUT2D eigenvalue weighted by Gasteiger charge is 2.12. The van der Waals surface area contributed by atoms with Gasteiger partial charge in [-0.1, -0.05) is 6.92 Å². The van der Waals surface area contributed by atoms with Crippen LogP contribution in [0.2, 0.25) is 0 Å². The summed E-state index contributed by atoms with van der Waals surface area (Å²) in [6, 6.07) is 2.23. The van der Waals surface area contributed by atoms with Crippen molar-refractivity contribution >= 4 is 11.6 Å². The van der Waals surface area contributed by atoms with Gasteiger partial charge in [-0.05, 0) is 13.3 Å². The van der Waals surface area contributed by atoms with Crippen LogP contribution in [0.4, 0.5) is 11.6 Å². The average Bonchev–Trinajstić information content (AvgIpc) is 2.36. The molecule has 1 aromatic rings. The van der Waals surface area contributed by atoms with Crippen LogP contribution in [0.1, 0.15) is 26.1 Å². The number of hydrogen-bond donors (Lipinski definition) is 2. The van der Waals surface area contributed by atoms with Crippen LogP contribution in [-0.2, 0) is 11.3 Å². The lowest BCUT2D eigenvalue weighted by Crippen LogP contribution is -2.29. The van der Waals surface area contributed by atoms with E-state index in [-0.39, 0.29) is 0 Å². The molecule has 0 bridgehead atoms. The number of rotatable bonds is 6. The Bertz CT molecular complexity index is 358. The topological polar surface area (TPSA) is 76.3 Å². The van der Waals surface area contributed by atoms with Gasteiger partial charge in [0.1, 0.15) is 18.2 Å². The van der Waals surface area contributed by atoms with Gasteiger partial charge in [0, 0.05) is 26.3 Å². The number of hydrogen-bond acceptors (Lipinski definition) is 6. The third kappa shape index (κ3) is 3.54. The SMILES string of the molecule is CCC(C)N(C)c1cc(NN)nc(COC)n1. The number of methoxy groups -OCH3 is 1. The van der Waals surface area contributed by atoms with Crippen molar-refractivity contribution in [1.82, 2.24) is 9.97 Å². The van der Waals surface area contributed by atoms with Crippen molar-refractivity contribution < 1.29 is 4.74 Å². The fourth-order valence-corrected chi connectivity index (χ4v) is 1.43. The fourth-order valence-electron chi connectivity index (χ4n) is 1.43. The predicted octanol–water partition coefficient (Wildman–Crippen LogP) is 1.14. The van der Waals surface area contributed by atoms with Gasteiger partial charge in [0.25, 0.3) is 0 Å². The van der Waals surface area contributed by atoms with E-state index in [9.17, 15) is 0 Å². The summed E-state index contributed by atoms with van der Waals surface area (Å²) in [7, 11) is 3.62. The van der Waals surface area contributed by atoms with E-state index in [1.807, 2.05) is 13.1 Å². The van der Waals surface area contributed by atoms with Crippen LogP contribution in [0.25, 0.3) is 0 Å². The lowest BCUT2D eigenvalue weighted by Gasteiger charge is -2.25. The van der Waals surface area contributed by atoms with E-state index in [0.717, 1.165) is 12.2 Å². The minimum absolute atomic E-state index is 0.372. The number of nitrogen functional groups attached to an aromatic ring is 1. The maximum absolute atomic E-state index is 5.39. The number of nitrogens with one attached hydrogen (secondary N) is 1. The largest absolute Gasteiger partial charge is 0.377 e. The zero-order chi connectivity index (χ0) is 12.8. The third-order valence-corrected chi connectivity index (χ3v) is 2.79. The lowest BCUT2D eigenvalue weighted by molar-refractivity contribution is 0.178. The zero-order valence-electron chi connectivity index (χ0n) is 10.9. The predicted molar refractivity (Wildman–Crippen MR) is 68.7 cm³/mol. The molecule has 6 nitrogen and oxygen atoms in total. The second-order valence-electron chi connectivity index (χ2n) is 3.97. The summed E-state index contributed by atoms with van der Waals surface area (Å²) < 4.78 is 5.04. The molecular weight excluding hydrogens is 218 g/mol. The zero-order valence-corrected chi connectivity index (χ0v) is 10.9. The summed E-state index contributed by atoms with van der Waals surface area (Å²) >= 11 is 0. The van der Waals surface area contributed by atoms with Crippen molar-refractivity contribution in [3.05, 3.63) is 11.9 Å². The van der Waals surface area contributed by atoms with Crippen molar-refractivity contribution in [2.24, 2.45) is 5.84 Å². The number of nitrogens with zero attached hydrogens (tertiary/aromatic N) is 3. The molecule has 6 heteroatoms. The first kappa shape index (κ1) is 13.7. The summed E-state index contributed by atoms with van der Waals surface area (Å²) in [6.07, 6.45) is 1.05. The van der Waals surface area contributed by atoms with E-state index in [4.69, 9.17) is 10.6 Å². The number of ether oxygens (including phenoxy) is 1. The van der Waals surface area contributed by atoms with Crippen LogP contribution in [0.3, 0.4) is 0 Å². The maximum Gasteiger partial charge on any atom is 0.158 e. The first-order valence-corrected chi connectivity index (χ1v) is 5.68. The highest BCUT2D eigenvalue weighted by Crippen LogP contribution is 2.17. The highest BCUT2D eigenvalue weighted by atomic mass is 16.5. The minimum atomic E-state index is 0.372. The first-order valence-electron chi connectivity index (χ1n) is 5.68. The molecule has 0 fully saturated rings. The Balaban J connectivity index is 3.01. The quantitative estimate of drug-likeness (QED) is 0.573. The molecule has 1 aromatic heterocycles. The van der Waals surface area contributed by atoms with Crippen LogP contribution in [0.15, 0.2) is 6.07 Å². The van der Waals surface area contributed by atoms with Gasteiger partial charge in [-0.3, -0.25) is 0 Å². The Labute approximate surface area is 102 Å². The molecule has 1 atom stereocenters. The Hall–Kier alpha value is -1.40. The van der Waals surface area contributed by atoms with Crippen LogP contribution in [0, 0.1) is 0 Å². The molecule has 17 heavy (non-hydrogen) atoms. The Morgan fingerprint density at radius 1 is 1.53 bits per heavy atom.